The van der Waals surface area contributed by atoms with Gasteiger partial charge in [0.2, 0.25) is 0 Å². The Kier molecular flexibility index (Phi) is 2.88. The molecule has 1 heterocycles. The normalized spacial score (nSPS) is 10.9. The third-order valence-corrected chi connectivity index (χ3v) is 3.00. The highest BCUT2D eigenvalue weighted by molar-refractivity contribution is 6.35. The van der Waals surface area contributed by atoms with Crippen molar-refractivity contribution in [2.45, 2.75) is 19.8 Å². The molecule has 0 aliphatic rings. The Labute approximate surface area is 98.0 Å². The number of aryl methyl sites for hydroxylation is 2. The van der Waals surface area contributed by atoms with Gasteiger partial charge in [-0.25, -0.2) is 0 Å². The smallest absolute Gasteiger partial charge is 0.303 e. The van der Waals surface area contributed by atoms with Crippen LogP contribution in [0.5, 0.6) is 0 Å². The van der Waals surface area contributed by atoms with Crippen LogP contribution in [0.25, 0.3) is 10.9 Å². The number of fused-ring (bicyclic) bond motifs is 1. The van der Waals surface area contributed by atoms with Gasteiger partial charge in [-0.1, -0.05) is 17.7 Å². The first-order valence-corrected chi connectivity index (χ1v) is 5.44. The van der Waals surface area contributed by atoms with E-state index in [1.807, 2.05) is 25.3 Å². The van der Waals surface area contributed by atoms with Crippen molar-refractivity contribution in [2.75, 3.05) is 0 Å². The van der Waals surface area contributed by atoms with E-state index in [2.05, 4.69) is 4.98 Å². The number of halogens is 1. The van der Waals surface area contributed by atoms with E-state index in [1.165, 1.54) is 0 Å². The van der Waals surface area contributed by atoms with Crippen molar-refractivity contribution in [1.29, 1.82) is 0 Å². The molecule has 0 unspecified atom stereocenters. The number of H-pyrrole nitrogens is 1. The van der Waals surface area contributed by atoms with E-state index in [4.69, 9.17) is 16.7 Å². The number of nitrogens with one attached hydrogen (secondary N) is 1. The highest BCUT2D eigenvalue weighted by Crippen LogP contribution is 2.29. The average molecular weight is 238 g/mol. The Morgan fingerprint density at radius 1 is 1.50 bits per heavy atom. The van der Waals surface area contributed by atoms with Gasteiger partial charge in [-0.15, -0.1) is 0 Å². The maximum atomic E-state index is 10.5. The van der Waals surface area contributed by atoms with E-state index in [1.54, 1.807) is 0 Å². The monoisotopic (exact) mass is 237 g/mol. The third kappa shape index (κ3) is 1.91. The van der Waals surface area contributed by atoms with E-state index < -0.39 is 5.97 Å². The highest BCUT2D eigenvalue weighted by atomic mass is 35.5. The number of hydrogen-bond acceptors (Lipinski definition) is 1. The fourth-order valence-electron chi connectivity index (χ4n) is 1.85. The second-order valence-corrected chi connectivity index (χ2v) is 4.23. The molecule has 0 atom stereocenters. The lowest BCUT2D eigenvalue weighted by Crippen LogP contribution is -1.96. The molecule has 4 heteroatoms. The van der Waals surface area contributed by atoms with Crippen molar-refractivity contribution >= 4 is 28.5 Å². The van der Waals surface area contributed by atoms with Crippen LogP contribution in [-0.2, 0) is 11.2 Å². The summed E-state index contributed by atoms with van der Waals surface area (Å²) in [4.78, 5) is 13.7. The van der Waals surface area contributed by atoms with Crippen molar-refractivity contribution in [3.8, 4) is 0 Å². The quantitative estimate of drug-likeness (QED) is 0.862. The summed E-state index contributed by atoms with van der Waals surface area (Å²) < 4.78 is 0. The molecule has 0 aliphatic heterocycles. The number of hydrogen-bond donors (Lipinski definition) is 2. The summed E-state index contributed by atoms with van der Waals surface area (Å²) in [5.41, 5.74) is 3.07. The lowest BCUT2D eigenvalue weighted by molar-refractivity contribution is -0.136. The van der Waals surface area contributed by atoms with Gasteiger partial charge in [-0.05, 0) is 30.5 Å². The van der Waals surface area contributed by atoms with E-state index in [0.717, 1.165) is 22.0 Å². The molecule has 0 aliphatic carbocycles. The summed E-state index contributed by atoms with van der Waals surface area (Å²) in [6.45, 7) is 2.00. The van der Waals surface area contributed by atoms with Crippen LogP contribution in [0, 0.1) is 6.92 Å². The fraction of sp³-hybridized carbons (Fsp3) is 0.250. The predicted molar refractivity (Wildman–Crippen MR) is 64.0 cm³/mol. The van der Waals surface area contributed by atoms with Crippen molar-refractivity contribution in [1.82, 2.24) is 4.98 Å². The number of carboxylic acid groups (broad SMARTS) is 1. The molecular formula is C12H12ClNO2. The number of rotatable bonds is 3. The topological polar surface area (TPSA) is 53.1 Å². The van der Waals surface area contributed by atoms with Gasteiger partial charge in [0.25, 0.3) is 0 Å². The molecule has 2 rings (SSSR count). The summed E-state index contributed by atoms with van der Waals surface area (Å²) in [5.74, 6) is -0.793. The van der Waals surface area contributed by atoms with Crippen LogP contribution in [-0.4, -0.2) is 16.1 Å². The zero-order chi connectivity index (χ0) is 11.7. The van der Waals surface area contributed by atoms with Crippen LogP contribution in [0.15, 0.2) is 18.3 Å². The van der Waals surface area contributed by atoms with Gasteiger partial charge in [0.05, 0.1) is 10.5 Å². The molecule has 2 N–H and O–H groups in total. The molecular weight excluding hydrogens is 226 g/mol. The number of aliphatic carboxylic acids is 1. The third-order valence-electron chi connectivity index (χ3n) is 2.68. The number of aromatic nitrogens is 1. The number of aromatic amines is 1. The molecule has 84 valence electrons. The lowest BCUT2D eigenvalue weighted by atomic mass is 10.1. The highest BCUT2D eigenvalue weighted by Gasteiger charge is 2.10. The van der Waals surface area contributed by atoms with Crippen molar-refractivity contribution in [2.24, 2.45) is 0 Å². The molecule has 0 bridgehead atoms. The summed E-state index contributed by atoms with van der Waals surface area (Å²) in [5, 5.41) is 10.3. The SMILES string of the molecule is Cc1ccc(Cl)c2c(CCC(=O)O)c[nH]c12. The average Bonchev–Trinajstić information content (AvgIpc) is 2.65. The molecule has 16 heavy (non-hydrogen) atoms. The second kappa shape index (κ2) is 4.18. The van der Waals surface area contributed by atoms with Gasteiger partial charge in [0, 0.05) is 18.0 Å². The molecule has 1 aromatic carbocycles. The second-order valence-electron chi connectivity index (χ2n) is 3.82. The van der Waals surface area contributed by atoms with Gasteiger partial charge in [0.1, 0.15) is 0 Å². The fourth-order valence-corrected chi connectivity index (χ4v) is 2.13. The van der Waals surface area contributed by atoms with Crippen LogP contribution in [0.4, 0.5) is 0 Å². The Hall–Kier alpha value is -1.48. The Bertz CT molecular complexity index is 545. The lowest BCUT2D eigenvalue weighted by Gasteiger charge is -2.01. The van der Waals surface area contributed by atoms with Gasteiger partial charge in [0.15, 0.2) is 0 Å². The Morgan fingerprint density at radius 2 is 2.25 bits per heavy atom. The number of carboxylic acids is 1. The maximum absolute atomic E-state index is 10.5. The first-order chi connectivity index (χ1) is 7.59. The van der Waals surface area contributed by atoms with Crippen LogP contribution in [0.1, 0.15) is 17.5 Å². The van der Waals surface area contributed by atoms with Crippen molar-refractivity contribution in [3.05, 3.63) is 34.5 Å². The molecule has 0 radical (unpaired) electrons. The van der Waals surface area contributed by atoms with Gasteiger partial charge in [-0.2, -0.15) is 0 Å². The van der Waals surface area contributed by atoms with Crippen molar-refractivity contribution in [3.63, 3.8) is 0 Å². The molecule has 0 fully saturated rings. The molecule has 3 nitrogen and oxygen atoms in total. The van der Waals surface area contributed by atoms with Crippen molar-refractivity contribution < 1.29 is 9.90 Å². The number of benzene rings is 1. The zero-order valence-corrected chi connectivity index (χ0v) is 9.64. The predicted octanol–water partition coefficient (Wildman–Crippen LogP) is 3.15. The van der Waals surface area contributed by atoms with Crippen LogP contribution in [0.3, 0.4) is 0 Å². The molecule has 1 aromatic heterocycles. The largest absolute Gasteiger partial charge is 0.481 e. The summed E-state index contributed by atoms with van der Waals surface area (Å²) >= 11 is 6.12. The summed E-state index contributed by atoms with van der Waals surface area (Å²) in [6.07, 6.45) is 2.46. The minimum atomic E-state index is -0.793. The van der Waals surface area contributed by atoms with Crippen LogP contribution in [0.2, 0.25) is 5.02 Å². The van der Waals surface area contributed by atoms with Crippen LogP contribution >= 0.6 is 11.6 Å². The van der Waals surface area contributed by atoms with E-state index in [0.29, 0.717) is 11.4 Å². The minimum Gasteiger partial charge on any atom is -0.481 e. The standard InChI is InChI=1S/C12H12ClNO2/c1-7-2-4-9(13)11-8(3-5-10(15)16)6-14-12(7)11/h2,4,6,14H,3,5H2,1H3,(H,15,16). The molecule has 0 amide bonds. The maximum Gasteiger partial charge on any atom is 0.303 e. The minimum absolute atomic E-state index is 0.122. The first kappa shape index (κ1) is 11.0. The molecule has 0 spiro atoms. The Balaban J connectivity index is 2.47. The Morgan fingerprint density at radius 3 is 2.94 bits per heavy atom. The first-order valence-electron chi connectivity index (χ1n) is 5.06. The van der Waals surface area contributed by atoms with E-state index in [9.17, 15) is 4.79 Å². The summed E-state index contributed by atoms with van der Waals surface area (Å²) in [7, 11) is 0. The molecule has 2 aromatic rings. The molecule has 0 saturated heterocycles. The van der Waals surface area contributed by atoms with Gasteiger partial charge in [-0.3, -0.25) is 4.79 Å². The number of carbonyl (C=O) groups is 1. The molecule has 0 saturated carbocycles. The van der Waals surface area contributed by atoms with Gasteiger partial charge >= 0.3 is 5.97 Å². The van der Waals surface area contributed by atoms with E-state index >= 15 is 0 Å². The summed E-state index contributed by atoms with van der Waals surface area (Å²) in [6, 6.07) is 3.79. The van der Waals surface area contributed by atoms with E-state index in [-0.39, 0.29) is 6.42 Å². The van der Waals surface area contributed by atoms with Crippen LogP contribution < -0.4 is 0 Å². The zero-order valence-electron chi connectivity index (χ0n) is 8.88. The van der Waals surface area contributed by atoms with Gasteiger partial charge < -0.3 is 10.1 Å².